The molecule has 0 bridgehead atoms. The summed E-state index contributed by atoms with van der Waals surface area (Å²) in [7, 11) is 0. The molecule has 108 valence electrons. The lowest BCUT2D eigenvalue weighted by atomic mass is 10.3. The number of benzene rings is 1. The van der Waals surface area contributed by atoms with Gasteiger partial charge in [0.15, 0.2) is 0 Å². The summed E-state index contributed by atoms with van der Waals surface area (Å²) in [5, 5.41) is 4.72. The number of thioether (sulfide) groups is 1. The molecule has 1 heterocycles. The van der Waals surface area contributed by atoms with Crippen molar-refractivity contribution in [2.75, 3.05) is 0 Å². The molecule has 1 aromatic carbocycles. The molecule has 0 atom stereocenters. The summed E-state index contributed by atoms with van der Waals surface area (Å²) in [4.78, 5) is 7.48. The van der Waals surface area contributed by atoms with E-state index in [2.05, 4.69) is 56.4 Å². The normalized spacial score (nSPS) is 11.2. The molecule has 0 aliphatic heterocycles. The molecule has 0 radical (unpaired) electrons. The zero-order valence-corrected chi connectivity index (χ0v) is 14.0. The summed E-state index contributed by atoms with van der Waals surface area (Å²) in [6.07, 6.45) is 1.02. The summed E-state index contributed by atoms with van der Waals surface area (Å²) in [5.41, 5.74) is 1.26. The van der Waals surface area contributed by atoms with Crippen molar-refractivity contribution < 1.29 is 0 Å². The average molecular weight is 307 g/mol. The third kappa shape index (κ3) is 4.62. The fourth-order valence-corrected chi connectivity index (χ4v) is 3.89. The van der Waals surface area contributed by atoms with E-state index in [1.54, 1.807) is 0 Å². The summed E-state index contributed by atoms with van der Waals surface area (Å²) in [6.45, 7) is 7.48. The van der Waals surface area contributed by atoms with Crippen LogP contribution in [0, 0.1) is 0 Å². The number of hydrogen-bond acceptors (Lipinski definition) is 4. The van der Waals surface area contributed by atoms with Crippen molar-refractivity contribution in [3.63, 3.8) is 0 Å². The van der Waals surface area contributed by atoms with E-state index >= 15 is 0 Å². The second-order valence-electron chi connectivity index (χ2n) is 4.97. The van der Waals surface area contributed by atoms with Crippen molar-refractivity contribution in [2.45, 2.75) is 50.4 Å². The molecule has 20 heavy (non-hydrogen) atoms. The van der Waals surface area contributed by atoms with Crippen LogP contribution >= 0.6 is 23.1 Å². The second kappa shape index (κ2) is 7.81. The van der Waals surface area contributed by atoms with Gasteiger partial charge in [0.05, 0.1) is 11.4 Å². The van der Waals surface area contributed by atoms with E-state index < -0.39 is 0 Å². The van der Waals surface area contributed by atoms with E-state index in [4.69, 9.17) is 4.98 Å². The molecule has 0 spiro atoms. The van der Waals surface area contributed by atoms with Crippen LogP contribution in [0.25, 0.3) is 0 Å². The molecule has 0 amide bonds. The topological polar surface area (TPSA) is 24.9 Å². The third-order valence-corrected chi connectivity index (χ3v) is 5.24. The molecule has 0 saturated heterocycles. The summed E-state index contributed by atoms with van der Waals surface area (Å²) >= 11 is 3.71. The van der Waals surface area contributed by atoms with Gasteiger partial charge in [0, 0.05) is 22.4 Å². The van der Waals surface area contributed by atoms with E-state index in [9.17, 15) is 0 Å². The minimum absolute atomic E-state index is 0.518. The van der Waals surface area contributed by atoms with Crippen LogP contribution in [-0.4, -0.2) is 11.0 Å². The minimum Gasteiger partial charge on any atom is -0.310 e. The smallest absolute Gasteiger partial charge is 0.103 e. The number of rotatable bonds is 7. The van der Waals surface area contributed by atoms with Gasteiger partial charge in [-0.15, -0.1) is 23.1 Å². The van der Waals surface area contributed by atoms with Gasteiger partial charge in [0.25, 0.3) is 0 Å². The zero-order chi connectivity index (χ0) is 14.4. The zero-order valence-electron chi connectivity index (χ0n) is 12.3. The van der Waals surface area contributed by atoms with E-state index in [0.717, 1.165) is 18.7 Å². The highest BCUT2D eigenvalue weighted by Gasteiger charge is 2.10. The minimum atomic E-state index is 0.518. The molecular weight excluding hydrogens is 284 g/mol. The number of aryl methyl sites for hydroxylation is 1. The Balaban J connectivity index is 1.98. The Morgan fingerprint density at radius 1 is 1.25 bits per heavy atom. The predicted octanol–water partition coefficient (Wildman–Crippen LogP) is 4.50. The largest absolute Gasteiger partial charge is 0.310 e. The first kappa shape index (κ1) is 15.5. The van der Waals surface area contributed by atoms with Crippen LogP contribution in [0.1, 0.15) is 36.3 Å². The maximum absolute atomic E-state index is 4.78. The van der Waals surface area contributed by atoms with E-state index in [1.165, 1.54) is 20.5 Å². The van der Waals surface area contributed by atoms with Gasteiger partial charge >= 0.3 is 0 Å². The van der Waals surface area contributed by atoms with Gasteiger partial charge in [-0.2, -0.15) is 0 Å². The van der Waals surface area contributed by atoms with Crippen molar-refractivity contribution in [1.29, 1.82) is 0 Å². The molecule has 4 heteroatoms. The molecule has 2 rings (SSSR count). The van der Waals surface area contributed by atoms with E-state index in [1.807, 2.05) is 23.1 Å². The molecule has 1 N–H and O–H groups in total. The molecule has 2 nitrogen and oxygen atoms in total. The molecule has 0 saturated carbocycles. The monoisotopic (exact) mass is 306 g/mol. The Morgan fingerprint density at radius 3 is 2.65 bits per heavy atom. The number of aromatic nitrogens is 1. The highest BCUT2D eigenvalue weighted by Crippen LogP contribution is 2.27. The van der Waals surface area contributed by atoms with Gasteiger partial charge in [-0.3, -0.25) is 0 Å². The van der Waals surface area contributed by atoms with E-state index in [0.29, 0.717) is 6.04 Å². The van der Waals surface area contributed by atoms with Crippen LogP contribution in [0.4, 0.5) is 0 Å². The lowest BCUT2D eigenvalue weighted by Gasteiger charge is -2.06. The molecule has 1 aromatic heterocycles. The van der Waals surface area contributed by atoms with Gasteiger partial charge in [-0.1, -0.05) is 39.0 Å². The highest BCUT2D eigenvalue weighted by molar-refractivity contribution is 7.98. The van der Waals surface area contributed by atoms with Crippen molar-refractivity contribution in [3.05, 3.63) is 45.9 Å². The van der Waals surface area contributed by atoms with Crippen molar-refractivity contribution in [2.24, 2.45) is 0 Å². The first-order chi connectivity index (χ1) is 9.69. The Bertz CT molecular complexity index is 521. The lowest BCUT2D eigenvalue weighted by molar-refractivity contribution is 0.590. The van der Waals surface area contributed by atoms with Crippen LogP contribution < -0.4 is 5.32 Å². The van der Waals surface area contributed by atoms with Crippen LogP contribution in [0.2, 0.25) is 0 Å². The fraction of sp³-hybridized carbons (Fsp3) is 0.438. The molecular formula is C16H22N2S2. The number of thiazole rings is 1. The number of hydrogen-bond donors (Lipinski definition) is 1. The lowest BCUT2D eigenvalue weighted by Crippen LogP contribution is -2.21. The van der Waals surface area contributed by atoms with Gasteiger partial charge in [0.2, 0.25) is 0 Å². The van der Waals surface area contributed by atoms with Gasteiger partial charge < -0.3 is 5.32 Å². The maximum Gasteiger partial charge on any atom is 0.103 e. The third-order valence-electron chi connectivity index (χ3n) is 2.93. The summed E-state index contributed by atoms with van der Waals surface area (Å²) in [5.74, 6) is 0.962. The van der Waals surface area contributed by atoms with Crippen LogP contribution in [-0.2, 0) is 18.7 Å². The molecule has 0 fully saturated rings. The molecule has 0 aliphatic rings. The Labute approximate surface area is 130 Å². The first-order valence-electron chi connectivity index (χ1n) is 7.07. The summed E-state index contributed by atoms with van der Waals surface area (Å²) < 4.78 is 0. The van der Waals surface area contributed by atoms with E-state index in [-0.39, 0.29) is 0 Å². The molecule has 0 aliphatic carbocycles. The quantitative estimate of drug-likeness (QED) is 0.763. The highest BCUT2D eigenvalue weighted by atomic mass is 32.2. The van der Waals surface area contributed by atoms with Crippen LogP contribution in [0.5, 0.6) is 0 Å². The van der Waals surface area contributed by atoms with Crippen molar-refractivity contribution >= 4 is 23.1 Å². The van der Waals surface area contributed by atoms with Crippen LogP contribution in [0.15, 0.2) is 35.2 Å². The first-order valence-corrected chi connectivity index (χ1v) is 8.88. The Hall–Kier alpha value is -0.840. The Morgan fingerprint density at radius 2 is 2.00 bits per heavy atom. The predicted molar refractivity (Wildman–Crippen MR) is 89.5 cm³/mol. The summed E-state index contributed by atoms with van der Waals surface area (Å²) in [6, 6.07) is 11.0. The average Bonchev–Trinajstić information content (AvgIpc) is 2.86. The van der Waals surface area contributed by atoms with Gasteiger partial charge in [0.1, 0.15) is 5.01 Å². The number of nitrogens with one attached hydrogen (secondary N) is 1. The second-order valence-corrected chi connectivity index (χ2v) is 7.19. The standard InChI is InChI=1S/C16H22N2S2/c1-4-14-15(10-17-12(2)3)20-16(18-14)11-19-13-8-6-5-7-9-13/h5-9,12,17H,4,10-11H2,1-3H3. The van der Waals surface area contributed by atoms with Crippen LogP contribution in [0.3, 0.4) is 0 Å². The van der Waals surface area contributed by atoms with Crippen molar-refractivity contribution in [3.8, 4) is 0 Å². The van der Waals surface area contributed by atoms with Gasteiger partial charge in [-0.05, 0) is 18.6 Å². The molecule has 2 aromatic rings. The molecule has 0 unspecified atom stereocenters. The number of nitrogens with zero attached hydrogens (tertiary/aromatic N) is 1. The maximum atomic E-state index is 4.78. The SMILES string of the molecule is CCc1nc(CSc2ccccc2)sc1CNC(C)C. The van der Waals surface area contributed by atoms with Crippen molar-refractivity contribution in [1.82, 2.24) is 10.3 Å². The van der Waals surface area contributed by atoms with Gasteiger partial charge in [-0.25, -0.2) is 4.98 Å². The Kier molecular flexibility index (Phi) is 6.07. The fourth-order valence-electron chi connectivity index (χ4n) is 1.87.